The molecular weight excluding hydrogens is 294 g/mol. The number of carbonyl (C=O) groups excluding carboxylic acids is 2. The predicted molar refractivity (Wildman–Crippen MR) is 89.9 cm³/mol. The molecule has 0 fully saturated rings. The lowest BCUT2D eigenvalue weighted by molar-refractivity contribution is -0.151. The number of hydrogen-bond donors (Lipinski definition) is 1. The zero-order valence-electron chi connectivity index (χ0n) is 14.2. The van der Waals surface area contributed by atoms with Gasteiger partial charge in [-0.05, 0) is 45.7 Å². The van der Waals surface area contributed by atoms with Crippen molar-refractivity contribution in [2.45, 2.75) is 52.6 Å². The van der Waals surface area contributed by atoms with Gasteiger partial charge in [-0.2, -0.15) is 0 Å². The average molecular weight is 319 g/mol. The summed E-state index contributed by atoms with van der Waals surface area (Å²) in [6.07, 6.45) is 3.92. The first-order valence-electron chi connectivity index (χ1n) is 7.73. The molecule has 1 aromatic carbocycles. The fraction of sp³-hybridized carbons (Fsp3) is 0.444. The Balaban J connectivity index is 2.66. The number of carbonyl (C=O) groups is 2. The number of para-hydroxylation sites is 2. The van der Waals surface area contributed by atoms with Crippen LogP contribution in [0.15, 0.2) is 35.9 Å². The zero-order valence-corrected chi connectivity index (χ0v) is 14.2. The van der Waals surface area contributed by atoms with Crippen LogP contribution in [0.1, 0.15) is 47.0 Å². The number of hydrogen-bond acceptors (Lipinski definition) is 5. The molecule has 23 heavy (non-hydrogen) atoms. The molecule has 0 aliphatic heterocycles. The number of unbranched alkanes of at least 4 members (excludes halogenated alkanes) is 1. The van der Waals surface area contributed by atoms with Gasteiger partial charge in [-0.1, -0.05) is 25.5 Å². The number of benzene rings is 1. The SMILES string of the molecule is CCCCC(C)(C)OC(=O)C=C(C)C(=O)Oc1ccccc1N. The van der Waals surface area contributed by atoms with E-state index in [4.69, 9.17) is 15.2 Å². The number of rotatable bonds is 7. The van der Waals surface area contributed by atoms with Crippen molar-refractivity contribution in [3.8, 4) is 5.75 Å². The van der Waals surface area contributed by atoms with Crippen molar-refractivity contribution in [1.29, 1.82) is 0 Å². The molecule has 0 aliphatic carbocycles. The van der Waals surface area contributed by atoms with Crippen molar-refractivity contribution in [1.82, 2.24) is 0 Å². The molecule has 1 aromatic rings. The second-order valence-corrected chi connectivity index (χ2v) is 6.04. The van der Waals surface area contributed by atoms with Crippen molar-refractivity contribution >= 4 is 17.6 Å². The van der Waals surface area contributed by atoms with Gasteiger partial charge in [0.1, 0.15) is 5.60 Å². The maximum atomic E-state index is 12.0. The molecule has 126 valence electrons. The normalized spacial score (nSPS) is 11.9. The summed E-state index contributed by atoms with van der Waals surface area (Å²) in [5.41, 5.74) is 5.67. The second-order valence-electron chi connectivity index (χ2n) is 6.04. The molecular formula is C18H25NO4. The van der Waals surface area contributed by atoms with E-state index in [0.29, 0.717) is 5.69 Å². The molecule has 0 unspecified atom stereocenters. The Hall–Kier alpha value is -2.30. The van der Waals surface area contributed by atoms with Crippen molar-refractivity contribution in [3.05, 3.63) is 35.9 Å². The predicted octanol–water partition coefficient (Wildman–Crippen LogP) is 3.63. The van der Waals surface area contributed by atoms with Crippen LogP contribution in [0.2, 0.25) is 0 Å². The number of anilines is 1. The molecule has 0 bridgehead atoms. The van der Waals surface area contributed by atoms with Gasteiger partial charge in [-0.25, -0.2) is 9.59 Å². The molecule has 0 radical (unpaired) electrons. The molecule has 0 aliphatic rings. The van der Waals surface area contributed by atoms with Gasteiger partial charge < -0.3 is 15.2 Å². The van der Waals surface area contributed by atoms with E-state index in [1.54, 1.807) is 24.3 Å². The molecule has 1 rings (SSSR count). The third-order valence-corrected chi connectivity index (χ3v) is 3.29. The first kappa shape index (κ1) is 18.7. The van der Waals surface area contributed by atoms with Crippen LogP contribution in [-0.4, -0.2) is 17.5 Å². The molecule has 5 heteroatoms. The highest BCUT2D eigenvalue weighted by molar-refractivity contribution is 5.97. The highest BCUT2D eigenvalue weighted by Gasteiger charge is 2.22. The van der Waals surface area contributed by atoms with Gasteiger partial charge in [0.15, 0.2) is 5.75 Å². The van der Waals surface area contributed by atoms with Crippen LogP contribution in [0.4, 0.5) is 5.69 Å². The third-order valence-electron chi connectivity index (χ3n) is 3.29. The molecule has 2 N–H and O–H groups in total. The lowest BCUT2D eigenvalue weighted by Gasteiger charge is -2.24. The second kappa shape index (κ2) is 8.36. The largest absolute Gasteiger partial charge is 0.456 e. The van der Waals surface area contributed by atoms with E-state index in [1.165, 1.54) is 6.92 Å². The summed E-state index contributed by atoms with van der Waals surface area (Å²) in [5.74, 6) is -0.922. The van der Waals surface area contributed by atoms with Gasteiger partial charge in [-0.15, -0.1) is 0 Å². The van der Waals surface area contributed by atoms with E-state index in [-0.39, 0.29) is 11.3 Å². The Morgan fingerprint density at radius 3 is 2.52 bits per heavy atom. The topological polar surface area (TPSA) is 78.6 Å². The van der Waals surface area contributed by atoms with Gasteiger partial charge in [0.25, 0.3) is 0 Å². The van der Waals surface area contributed by atoms with E-state index in [0.717, 1.165) is 25.3 Å². The summed E-state index contributed by atoms with van der Waals surface area (Å²) >= 11 is 0. The molecule has 0 saturated heterocycles. The minimum atomic E-state index is -0.633. The lowest BCUT2D eigenvalue weighted by atomic mass is 10.0. The summed E-state index contributed by atoms with van der Waals surface area (Å²) in [6, 6.07) is 6.67. The molecule has 0 saturated carbocycles. The van der Waals surface area contributed by atoms with E-state index < -0.39 is 17.5 Å². The average Bonchev–Trinajstić information content (AvgIpc) is 2.46. The van der Waals surface area contributed by atoms with Crippen molar-refractivity contribution in [2.75, 3.05) is 5.73 Å². The van der Waals surface area contributed by atoms with Gasteiger partial charge in [0.05, 0.1) is 5.69 Å². The standard InChI is InChI=1S/C18H25NO4/c1-5-6-11-18(3,4)23-16(20)12-13(2)17(21)22-15-10-8-7-9-14(15)19/h7-10,12H,5-6,11,19H2,1-4H3. The first-order valence-corrected chi connectivity index (χ1v) is 7.73. The summed E-state index contributed by atoms with van der Waals surface area (Å²) in [4.78, 5) is 23.9. The molecule has 0 aromatic heterocycles. The number of nitrogen functional groups attached to an aromatic ring is 1. The number of ether oxygens (including phenoxy) is 2. The maximum Gasteiger partial charge on any atom is 0.339 e. The Kier molecular flexibility index (Phi) is 6.82. The van der Waals surface area contributed by atoms with Crippen molar-refractivity contribution < 1.29 is 19.1 Å². The fourth-order valence-corrected chi connectivity index (χ4v) is 1.94. The molecule has 0 heterocycles. The van der Waals surface area contributed by atoms with Crippen LogP contribution in [0.3, 0.4) is 0 Å². The monoisotopic (exact) mass is 319 g/mol. The first-order chi connectivity index (χ1) is 10.7. The molecule has 5 nitrogen and oxygen atoms in total. The summed E-state index contributed by atoms with van der Waals surface area (Å²) in [5, 5.41) is 0. The van der Waals surface area contributed by atoms with Gasteiger partial charge in [0.2, 0.25) is 0 Å². The van der Waals surface area contributed by atoms with Crippen LogP contribution in [-0.2, 0) is 14.3 Å². The number of esters is 2. The highest BCUT2D eigenvalue weighted by atomic mass is 16.6. The maximum absolute atomic E-state index is 12.0. The van der Waals surface area contributed by atoms with Crippen LogP contribution in [0, 0.1) is 0 Å². The summed E-state index contributed by atoms with van der Waals surface area (Å²) < 4.78 is 10.5. The summed E-state index contributed by atoms with van der Waals surface area (Å²) in [6.45, 7) is 7.29. The van der Waals surface area contributed by atoms with Crippen LogP contribution in [0.5, 0.6) is 5.75 Å². The fourth-order valence-electron chi connectivity index (χ4n) is 1.94. The number of nitrogens with two attached hydrogens (primary N) is 1. The Labute approximate surface area is 137 Å². The molecule has 0 spiro atoms. The van der Waals surface area contributed by atoms with Gasteiger partial charge in [0, 0.05) is 11.6 Å². The van der Waals surface area contributed by atoms with Gasteiger partial charge >= 0.3 is 11.9 Å². The highest BCUT2D eigenvalue weighted by Crippen LogP contribution is 2.21. The van der Waals surface area contributed by atoms with E-state index >= 15 is 0 Å². The minimum absolute atomic E-state index is 0.157. The van der Waals surface area contributed by atoms with Crippen molar-refractivity contribution in [2.24, 2.45) is 0 Å². The Morgan fingerprint density at radius 1 is 1.26 bits per heavy atom. The van der Waals surface area contributed by atoms with E-state index in [9.17, 15) is 9.59 Å². The van der Waals surface area contributed by atoms with Crippen LogP contribution in [0.25, 0.3) is 0 Å². The van der Waals surface area contributed by atoms with Crippen LogP contribution < -0.4 is 10.5 Å². The van der Waals surface area contributed by atoms with Crippen LogP contribution >= 0.6 is 0 Å². The third kappa shape index (κ3) is 6.55. The lowest BCUT2D eigenvalue weighted by Crippen LogP contribution is -2.27. The van der Waals surface area contributed by atoms with E-state index in [2.05, 4.69) is 6.92 Å². The van der Waals surface area contributed by atoms with E-state index in [1.807, 2.05) is 13.8 Å². The zero-order chi connectivity index (χ0) is 17.5. The molecule has 0 amide bonds. The molecule has 0 atom stereocenters. The van der Waals surface area contributed by atoms with Gasteiger partial charge in [-0.3, -0.25) is 0 Å². The quantitative estimate of drug-likeness (QED) is 0.359. The van der Waals surface area contributed by atoms with Crippen molar-refractivity contribution in [3.63, 3.8) is 0 Å². The Morgan fingerprint density at radius 2 is 1.91 bits per heavy atom. The Bertz CT molecular complexity index is 590. The summed E-state index contributed by atoms with van der Waals surface area (Å²) in [7, 11) is 0. The minimum Gasteiger partial charge on any atom is -0.456 e. The smallest absolute Gasteiger partial charge is 0.339 e.